The van der Waals surface area contributed by atoms with Crippen LogP contribution in [-0.4, -0.2) is 51.9 Å². The Bertz CT molecular complexity index is 1420. The first kappa shape index (κ1) is 26.5. The third-order valence-corrected chi connectivity index (χ3v) is 6.18. The fourth-order valence-corrected chi connectivity index (χ4v) is 4.22. The van der Waals surface area contributed by atoms with Crippen molar-refractivity contribution in [2.24, 2.45) is 0 Å². The molecule has 0 radical (unpaired) electrons. The number of thiocarbonyl (C=S) groups is 1. The zero-order chi connectivity index (χ0) is 27.6. The van der Waals surface area contributed by atoms with Gasteiger partial charge in [0.05, 0.1) is 21.0 Å². The Labute approximate surface area is 217 Å². The number of hydrogen-bond donors (Lipinski definition) is 1. The van der Waals surface area contributed by atoms with Gasteiger partial charge in [-0.25, -0.2) is 0 Å². The molecule has 0 unspecified atom stereocenters. The van der Waals surface area contributed by atoms with Crippen LogP contribution >= 0.6 is 12.2 Å². The SMILES string of the molecule is O=C(NC(=S)N1CCN(c2ccc(C(F)(F)F)cc2[N+](=O)[O-])CC1)c1ccc(-c2ccccc2[N+](=O)[O-])o1. The topological polar surface area (TPSA) is 135 Å². The number of benzene rings is 2. The van der Waals surface area contributed by atoms with Crippen molar-refractivity contribution in [3.8, 4) is 11.3 Å². The van der Waals surface area contributed by atoms with Crippen LogP contribution in [0.2, 0.25) is 0 Å². The fraction of sp³-hybridized carbons (Fsp3) is 0.217. The van der Waals surface area contributed by atoms with E-state index in [-0.39, 0.29) is 59.8 Å². The number of carbonyl (C=O) groups excluding carboxylic acids is 1. The van der Waals surface area contributed by atoms with E-state index in [1.165, 1.54) is 30.3 Å². The Morgan fingerprint density at radius 1 is 0.947 bits per heavy atom. The molecule has 1 aromatic heterocycles. The van der Waals surface area contributed by atoms with E-state index < -0.39 is 33.2 Å². The lowest BCUT2D eigenvalue weighted by atomic mass is 10.1. The second kappa shape index (κ2) is 10.5. The van der Waals surface area contributed by atoms with Crippen molar-refractivity contribution in [3.63, 3.8) is 0 Å². The standard InChI is InChI=1S/C23H18F3N5O6S/c24-23(25,26)14-5-6-17(18(13-14)31(35)36)28-9-11-29(12-10-28)22(38)27-21(32)20-8-7-19(37-20)15-3-1-2-4-16(15)30(33)34/h1-8,13H,9-12H2,(H,27,32,38). The van der Waals surface area contributed by atoms with E-state index >= 15 is 0 Å². The summed E-state index contributed by atoms with van der Waals surface area (Å²) >= 11 is 5.30. The summed E-state index contributed by atoms with van der Waals surface area (Å²) < 4.78 is 44.5. The van der Waals surface area contributed by atoms with Gasteiger partial charge in [-0.3, -0.25) is 30.3 Å². The summed E-state index contributed by atoms with van der Waals surface area (Å²) in [6, 6.07) is 11.1. The summed E-state index contributed by atoms with van der Waals surface area (Å²) in [5.41, 5.74) is -1.70. The van der Waals surface area contributed by atoms with Crippen LogP contribution in [0.4, 0.5) is 30.2 Å². The average Bonchev–Trinajstić information content (AvgIpc) is 3.38. The Kier molecular flexibility index (Phi) is 7.30. The number of nitro groups is 2. The van der Waals surface area contributed by atoms with Gasteiger partial charge in [0.1, 0.15) is 11.4 Å². The number of furan rings is 1. The summed E-state index contributed by atoms with van der Waals surface area (Å²) in [5, 5.41) is 25.2. The first-order valence-corrected chi connectivity index (χ1v) is 11.4. The Balaban J connectivity index is 1.40. The van der Waals surface area contributed by atoms with Crippen LogP contribution in [0.1, 0.15) is 16.1 Å². The third kappa shape index (κ3) is 5.56. The number of alkyl halides is 3. The molecule has 1 amide bonds. The van der Waals surface area contributed by atoms with Crippen LogP contribution in [0.3, 0.4) is 0 Å². The van der Waals surface area contributed by atoms with Crippen molar-refractivity contribution in [1.82, 2.24) is 10.2 Å². The highest BCUT2D eigenvalue weighted by Gasteiger charge is 2.34. The van der Waals surface area contributed by atoms with Gasteiger partial charge in [0.25, 0.3) is 17.3 Å². The van der Waals surface area contributed by atoms with Gasteiger partial charge in [0.2, 0.25) is 0 Å². The lowest BCUT2D eigenvalue weighted by molar-refractivity contribution is -0.384. The summed E-state index contributed by atoms with van der Waals surface area (Å²) in [5.74, 6) is -0.680. The molecule has 3 aromatic rings. The molecule has 198 valence electrons. The van der Waals surface area contributed by atoms with Crippen molar-refractivity contribution in [3.05, 3.63) is 86.1 Å². The van der Waals surface area contributed by atoms with Gasteiger partial charge in [-0.15, -0.1) is 0 Å². The molecule has 0 saturated carbocycles. The van der Waals surface area contributed by atoms with Crippen LogP contribution < -0.4 is 10.2 Å². The van der Waals surface area contributed by atoms with E-state index in [9.17, 15) is 38.2 Å². The molecule has 1 aliphatic rings. The van der Waals surface area contributed by atoms with Crippen LogP contribution in [0.5, 0.6) is 0 Å². The highest BCUT2D eigenvalue weighted by Crippen LogP contribution is 2.37. The smallest absolute Gasteiger partial charge is 0.416 e. The minimum absolute atomic E-state index is 0.0516. The molecule has 1 N–H and O–H groups in total. The maximum atomic E-state index is 13.0. The van der Waals surface area contributed by atoms with Gasteiger partial charge in [-0.05, 0) is 42.5 Å². The molecule has 1 fully saturated rings. The molecular weight excluding hydrogens is 531 g/mol. The van der Waals surface area contributed by atoms with Crippen LogP contribution in [-0.2, 0) is 6.18 Å². The number of carbonyl (C=O) groups is 1. The van der Waals surface area contributed by atoms with E-state index in [0.717, 1.165) is 12.1 Å². The lowest BCUT2D eigenvalue weighted by Crippen LogP contribution is -2.52. The highest BCUT2D eigenvalue weighted by atomic mass is 32.1. The molecule has 0 bridgehead atoms. The van der Waals surface area contributed by atoms with Gasteiger partial charge >= 0.3 is 6.18 Å². The summed E-state index contributed by atoms with van der Waals surface area (Å²) in [4.78, 5) is 37.1. The van der Waals surface area contributed by atoms with Crippen LogP contribution in [0.15, 0.2) is 59.0 Å². The number of rotatable bonds is 5. The number of amides is 1. The summed E-state index contributed by atoms with van der Waals surface area (Å²) in [6.07, 6.45) is -4.71. The van der Waals surface area contributed by atoms with Gasteiger partial charge in [-0.1, -0.05) is 12.1 Å². The van der Waals surface area contributed by atoms with Gasteiger partial charge < -0.3 is 14.2 Å². The van der Waals surface area contributed by atoms with Crippen molar-refractivity contribution in [1.29, 1.82) is 0 Å². The maximum absolute atomic E-state index is 13.0. The molecule has 15 heteroatoms. The zero-order valence-corrected chi connectivity index (χ0v) is 20.1. The molecule has 1 saturated heterocycles. The van der Waals surface area contributed by atoms with E-state index in [0.29, 0.717) is 6.07 Å². The summed E-state index contributed by atoms with van der Waals surface area (Å²) in [7, 11) is 0. The normalized spacial score (nSPS) is 13.8. The average molecular weight is 549 g/mol. The lowest BCUT2D eigenvalue weighted by Gasteiger charge is -2.37. The van der Waals surface area contributed by atoms with Crippen LogP contribution in [0.25, 0.3) is 11.3 Å². The highest BCUT2D eigenvalue weighted by molar-refractivity contribution is 7.80. The molecule has 38 heavy (non-hydrogen) atoms. The van der Waals surface area contributed by atoms with Crippen molar-refractivity contribution >= 4 is 40.3 Å². The number of nitrogens with one attached hydrogen (secondary N) is 1. The number of nitrogens with zero attached hydrogens (tertiary/aromatic N) is 4. The second-order valence-corrected chi connectivity index (χ2v) is 8.52. The van der Waals surface area contributed by atoms with Gasteiger partial charge in [0.15, 0.2) is 10.9 Å². The third-order valence-electron chi connectivity index (χ3n) is 5.82. The van der Waals surface area contributed by atoms with Gasteiger partial charge in [-0.2, -0.15) is 13.2 Å². The largest absolute Gasteiger partial charge is 0.451 e. The van der Waals surface area contributed by atoms with Crippen molar-refractivity contribution < 1.29 is 32.2 Å². The fourth-order valence-electron chi connectivity index (χ4n) is 3.95. The monoisotopic (exact) mass is 549 g/mol. The number of anilines is 1. The molecule has 4 rings (SSSR count). The van der Waals surface area contributed by atoms with E-state index in [2.05, 4.69) is 5.32 Å². The van der Waals surface area contributed by atoms with E-state index in [1.54, 1.807) is 15.9 Å². The molecule has 2 aromatic carbocycles. The Morgan fingerprint density at radius 2 is 1.61 bits per heavy atom. The molecule has 0 aliphatic carbocycles. The predicted molar refractivity (Wildman–Crippen MR) is 133 cm³/mol. The molecular formula is C23H18F3N5O6S. The molecule has 2 heterocycles. The molecule has 1 aliphatic heterocycles. The molecule has 11 nitrogen and oxygen atoms in total. The zero-order valence-electron chi connectivity index (χ0n) is 19.3. The second-order valence-electron chi connectivity index (χ2n) is 8.13. The van der Waals surface area contributed by atoms with Crippen molar-refractivity contribution in [2.75, 3.05) is 31.1 Å². The number of para-hydroxylation sites is 1. The number of halogens is 3. The number of piperazine rings is 1. The Morgan fingerprint density at radius 3 is 2.24 bits per heavy atom. The minimum atomic E-state index is -4.71. The summed E-state index contributed by atoms with van der Waals surface area (Å²) in [6.45, 7) is 0.864. The maximum Gasteiger partial charge on any atom is 0.416 e. The van der Waals surface area contributed by atoms with Gasteiger partial charge in [0, 0.05) is 38.3 Å². The number of hydrogen-bond acceptors (Lipinski definition) is 8. The minimum Gasteiger partial charge on any atom is -0.451 e. The van der Waals surface area contributed by atoms with E-state index in [4.69, 9.17) is 16.6 Å². The quantitative estimate of drug-likeness (QED) is 0.275. The molecule has 0 atom stereocenters. The Hall–Kier alpha value is -4.53. The molecule has 0 spiro atoms. The number of nitro benzene ring substituents is 2. The van der Waals surface area contributed by atoms with Crippen LogP contribution in [0, 0.1) is 20.2 Å². The first-order chi connectivity index (χ1) is 18.0. The first-order valence-electron chi connectivity index (χ1n) is 11.0. The van der Waals surface area contributed by atoms with E-state index in [1.807, 2.05) is 0 Å². The predicted octanol–water partition coefficient (Wildman–Crippen LogP) is 4.62. The van der Waals surface area contributed by atoms with Crippen molar-refractivity contribution in [2.45, 2.75) is 6.18 Å².